The molecule has 0 spiro atoms. The van der Waals surface area contributed by atoms with Crippen LogP contribution in [-0.2, 0) is 0 Å². The number of carbonyl (C=O) groups excluding carboxylic acids is 1. The fraction of sp³-hybridized carbons (Fsp3) is 0.0667. The number of ether oxygens (including phenoxy) is 2. The summed E-state index contributed by atoms with van der Waals surface area (Å²) < 4.78 is 36.7. The number of amides is 1. The number of nitrogens with one attached hydrogen (secondary N) is 3. The van der Waals surface area contributed by atoms with Gasteiger partial charge in [-0.1, -0.05) is 0 Å². The van der Waals surface area contributed by atoms with Gasteiger partial charge < -0.3 is 14.8 Å². The molecule has 24 heavy (non-hydrogen) atoms. The smallest absolute Gasteiger partial charge is 0.269 e. The van der Waals surface area contributed by atoms with E-state index in [-0.39, 0.29) is 17.6 Å². The van der Waals surface area contributed by atoms with E-state index in [1.807, 2.05) is 0 Å². The molecule has 3 rings (SSSR count). The molecule has 0 fully saturated rings. The number of hydrogen-bond acceptors (Lipinski definition) is 4. The highest BCUT2D eigenvalue weighted by atomic mass is 32.1. The molecule has 6 nitrogen and oxygen atoms in total. The van der Waals surface area contributed by atoms with Crippen molar-refractivity contribution in [3.8, 4) is 11.5 Å². The van der Waals surface area contributed by atoms with Crippen LogP contribution in [0.2, 0.25) is 0 Å². The maximum Gasteiger partial charge on any atom is 0.269 e. The molecule has 1 aliphatic heterocycles. The first-order chi connectivity index (χ1) is 11.5. The van der Waals surface area contributed by atoms with Crippen LogP contribution in [0, 0.1) is 11.6 Å². The van der Waals surface area contributed by atoms with Crippen LogP contribution in [0.5, 0.6) is 11.5 Å². The van der Waals surface area contributed by atoms with E-state index in [4.69, 9.17) is 21.7 Å². The zero-order valence-corrected chi connectivity index (χ0v) is 12.9. The third kappa shape index (κ3) is 3.51. The normalized spacial score (nSPS) is 11.8. The molecule has 0 saturated heterocycles. The van der Waals surface area contributed by atoms with Crippen molar-refractivity contribution in [1.82, 2.24) is 10.9 Å². The van der Waals surface area contributed by atoms with Crippen molar-refractivity contribution in [2.75, 3.05) is 12.1 Å². The van der Waals surface area contributed by atoms with Crippen LogP contribution in [0.3, 0.4) is 0 Å². The second kappa shape index (κ2) is 6.67. The second-order valence-corrected chi connectivity index (χ2v) is 5.13. The van der Waals surface area contributed by atoms with Crippen LogP contribution in [0.1, 0.15) is 10.4 Å². The lowest BCUT2D eigenvalue weighted by atomic mass is 10.2. The van der Waals surface area contributed by atoms with Crippen LogP contribution in [0.25, 0.3) is 0 Å². The minimum atomic E-state index is -0.804. The molecule has 0 unspecified atom stereocenters. The second-order valence-electron chi connectivity index (χ2n) is 4.73. The Balaban J connectivity index is 1.57. The van der Waals surface area contributed by atoms with E-state index < -0.39 is 17.5 Å². The molecule has 9 heteroatoms. The minimum Gasteiger partial charge on any atom is -0.454 e. The number of anilines is 1. The number of fused-ring (bicyclic) bond motifs is 1. The molecule has 124 valence electrons. The van der Waals surface area contributed by atoms with E-state index in [0.29, 0.717) is 17.1 Å². The Labute approximate surface area is 140 Å². The third-order valence-corrected chi connectivity index (χ3v) is 3.31. The van der Waals surface area contributed by atoms with Gasteiger partial charge in [-0.15, -0.1) is 0 Å². The van der Waals surface area contributed by atoms with E-state index in [9.17, 15) is 13.6 Å². The van der Waals surface area contributed by atoms with Crippen molar-refractivity contribution < 1.29 is 23.0 Å². The van der Waals surface area contributed by atoms with E-state index in [0.717, 1.165) is 12.1 Å². The van der Waals surface area contributed by atoms with E-state index in [2.05, 4.69) is 16.2 Å². The number of benzene rings is 2. The average molecular weight is 351 g/mol. The highest BCUT2D eigenvalue weighted by Gasteiger charge is 2.16. The summed E-state index contributed by atoms with van der Waals surface area (Å²) in [6.45, 7) is 0.107. The van der Waals surface area contributed by atoms with Crippen LogP contribution in [-0.4, -0.2) is 17.8 Å². The molecule has 3 N–H and O–H groups in total. The van der Waals surface area contributed by atoms with Gasteiger partial charge in [0.15, 0.2) is 16.6 Å². The summed E-state index contributed by atoms with van der Waals surface area (Å²) in [5.74, 6) is -0.952. The lowest BCUT2D eigenvalue weighted by Gasteiger charge is -2.12. The molecule has 0 aromatic heterocycles. The predicted octanol–water partition coefficient (Wildman–Crippen LogP) is 2.32. The van der Waals surface area contributed by atoms with Gasteiger partial charge in [0, 0.05) is 11.6 Å². The topological polar surface area (TPSA) is 71.6 Å². The van der Waals surface area contributed by atoms with Crippen LogP contribution < -0.4 is 25.6 Å². The van der Waals surface area contributed by atoms with Crippen molar-refractivity contribution in [2.45, 2.75) is 0 Å². The number of thiocarbonyl (C=S) groups is 1. The lowest BCUT2D eigenvalue weighted by molar-refractivity contribution is 0.0943. The number of hydrazine groups is 1. The van der Waals surface area contributed by atoms with Gasteiger partial charge in [-0.05, 0) is 42.5 Å². The SMILES string of the molecule is O=C(NNC(=S)Nc1ccc(F)cc1F)c1ccc2c(c1)OCO2. The number of hydrogen-bond donors (Lipinski definition) is 3. The molecule has 1 aliphatic rings. The van der Waals surface area contributed by atoms with Gasteiger partial charge in [-0.2, -0.15) is 0 Å². The molecule has 0 radical (unpaired) electrons. The van der Waals surface area contributed by atoms with Crippen LogP contribution >= 0.6 is 12.2 Å². The van der Waals surface area contributed by atoms with Gasteiger partial charge >= 0.3 is 0 Å². The molecule has 1 heterocycles. The zero-order chi connectivity index (χ0) is 17.1. The Kier molecular flexibility index (Phi) is 4.43. The molecule has 2 aromatic carbocycles. The zero-order valence-electron chi connectivity index (χ0n) is 12.1. The van der Waals surface area contributed by atoms with E-state index >= 15 is 0 Å². The Bertz CT molecular complexity index is 817. The van der Waals surface area contributed by atoms with Crippen molar-refractivity contribution in [2.24, 2.45) is 0 Å². The number of carbonyl (C=O) groups is 1. The summed E-state index contributed by atoms with van der Waals surface area (Å²) >= 11 is 4.93. The first-order valence-electron chi connectivity index (χ1n) is 6.75. The molecule has 0 atom stereocenters. The van der Waals surface area contributed by atoms with Crippen LogP contribution in [0.4, 0.5) is 14.5 Å². The third-order valence-electron chi connectivity index (χ3n) is 3.10. The largest absolute Gasteiger partial charge is 0.454 e. The first kappa shape index (κ1) is 15.9. The van der Waals surface area contributed by atoms with Gasteiger partial charge in [0.2, 0.25) is 6.79 Å². The molecular weight excluding hydrogens is 340 g/mol. The van der Waals surface area contributed by atoms with Gasteiger partial charge in [0.25, 0.3) is 5.91 Å². The highest BCUT2D eigenvalue weighted by Crippen LogP contribution is 2.32. The van der Waals surface area contributed by atoms with Crippen molar-refractivity contribution in [3.05, 3.63) is 53.6 Å². The Hall–Kier alpha value is -2.94. The number of rotatable bonds is 2. The van der Waals surface area contributed by atoms with Gasteiger partial charge in [0.05, 0.1) is 5.69 Å². The van der Waals surface area contributed by atoms with Gasteiger partial charge in [-0.3, -0.25) is 15.6 Å². The fourth-order valence-electron chi connectivity index (χ4n) is 1.97. The first-order valence-corrected chi connectivity index (χ1v) is 7.16. The molecule has 0 aliphatic carbocycles. The fourth-order valence-corrected chi connectivity index (χ4v) is 2.13. The highest BCUT2D eigenvalue weighted by molar-refractivity contribution is 7.80. The van der Waals surface area contributed by atoms with Gasteiger partial charge in [-0.25, -0.2) is 8.78 Å². The molecule has 0 bridgehead atoms. The lowest BCUT2D eigenvalue weighted by Crippen LogP contribution is -2.43. The molecule has 1 amide bonds. The average Bonchev–Trinajstić information content (AvgIpc) is 3.03. The summed E-state index contributed by atoms with van der Waals surface area (Å²) in [6, 6.07) is 7.69. The van der Waals surface area contributed by atoms with E-state index in [1.165, 1.54) is 12.1 Å². The monoisotopic (exact) mass is 351 g/mol. The van der Waals surface area contributed by atoms with Crippen molar-refractivity contribution in [3.63, 3.8) is 0 Å². The van der Waals surface area contributed by atoms with Crippen LogP contribution in [0.15, 0.2) is 36.4 Å². The predicted molar refractivity (Wildman–Crippen MR) is 85.7 cm³/mol. The van der Waals surface area contributed by atoms with E-state index in [1.54, 1.807) is 12.1 Å². The standard InChI is InChI=1S/C15H11F2N3O3S/c16-9-2-3-11(10(17)6-9)18-15(24)20-19-14(21)8-1-4-12-13(5-8)23-7-22-12/h1-6H,7H2,(H,19,21)(H2,18,20,24). The minimum absolute atomic E-state index is 0.0220. The van der Waals surface area contributed by atoms with Crippen molar-refractivity contribution >= 4 is 28.9 Å². The maximum absolute atomic E-state index is 13.5. The Morgan fingerprint density at radius 2 is 1.83 bits per heavy atom. The summed E-state index contributed by atoms with van der Waals surface area (Å²) in [4.78, 5) is 12.0. The molecule has 2 aromatic rings. The summed E-state index contributed by atoms with van der Waals surface area (Å²) in [5, 5.41) is 2.44. The Morgan fingerprint density at radius 3 is 2.62 bits per heavy atom. The summed E-state index contributed by atoms with van der Waals surface area (Å²) in [6.07, 6.45) is 0. The quantitative estimate of drug-likeness (QED) is 0.570. The van der Waals surface area contributed by atoms with Crippen molar-refractivity contribution in [1.29, 1.82) is 0 Å². The van der Waals surface area contributed by atoms with Gasteiger partial charge in [0.1, 0.15) is 11.6 Å². The number of halogens is 2. The maximum atomic E-state index is 13.5. The summed E-state index contributed by atoms with van der Waals surface area (Å²) in [5.41, 5.74) is 5.08. The summed E-state index contributed by atoms with van der Waals surface area (Å²) in [7, 11) is 0. The Morgan fingerprint density at radius 1 is 1.04 bits per heavy atom. The molecular formula is C15H11F2N3O3S. The molecule has 0 saturated carbocycles.